The van der Waals surface area contributed by atoms with Crippen LogP contribution in [0.15, 0.2) is 47.4 Å². The molecule has 0 amide bonds. The van der Waals surface area contributed by atoms with Crippen LogP contribution in [0, 0.1) is 6.92 Å². The van der Waals surface area contributed by atoms with Gasteiger partial charge in [0.25, 0.3) is 11.6 Å². The van der Waals surface area contributed by atoms with Gasteiger partial charge in [-0.3, -0.25) is 14.3 Å². The number of fused-ring (bicyclic) bond motifs is 1. The smallest absolute Gasteiger partial charge is 0.299 e. The summed E-state index contributed by atoms with van der Waals surface area (Å²) in [7, 11) is 1.52. The predicted octanol–water partition coefficient (Wildman–Crippen LogP) is 2.16. The molecule has 0 radical (unpaired) electrons. The van der Waals surface area contributed by atoms with Gasteiger partial charge in [0.1, 0.15) is 0 Å². The van der Waals surface area contributed by atoms with Crippen molar-refractivity contribution in [3.8, 4) is 6.01 Å². The van der Waals surface area contributed by atoms with Crippen molar-refractivity contribution in [1.82, 2.24) is 14.5 Å². The topological polar surface area (TPSA) is 57.0 Å². The molecule has 0 N–H and O–H groups in total. The van der Waals surface area contributed by atoms with E-state index in [1.165, 1.54) is 17.7 Å². The van der Waals surface area contributed by atoms with Crippen molar-refractivity contribution in [2.45, 2.75) is 13.5 Å². The van der Waals surface area contributed by atoms with Gasteiger partial charge in [-0.2, -0.15) is 0 Å². The maximum Gasteiger partial charge on any atom is 0.299 e. The highest BCUT2D eigenvalue weighted by molar-refractivity contribution is 5.78. The number of pyridine rings is 1. The van der Waals surface area contributed by atoms with Gasteiger partial charge in [0.2, 0.25) is 0 Å². The van der Waals surface area contributed by atoms with Gasteiger partial charge in [0.15, 0.2) is 0 Å². The summed E-state index contributed by atoms with van der Waals surface area (Å²) in [5, 5.41) is 1.04. The molecule has 106 valence electrons. The molecule has 5 nitrogen and oxygen atoms in total. The van der Waals surface area contributed by atoms with E-state index in [-0.39, 0.29) is 5.56 Å². The zero-order valence-electron chi connectivity index (χ0n) is 11.9. The molecule has 5 heteroatoms. The quantitative estimate of drug-likeness (QED) is 0.738. The van der Waals surface area contributed by atoms with Gasteiger partial charge in [-0.15, -0.1) is 0 Å². The molecule has 0 aliphatic carbocycles. The summed E-state index contributed by atoms with van der Waals surface area (Å²) < 4.78 is 6.72. The lowest BCUT2D eigenvalue weighted by molar-refractivity contribution is 0.350. The highest BCUT2D eigenvalue weighted by Crippen LogP contribution is 2.15. The number of nitrogens with zero attached hydrogens (tertiary/aromatic N) is 3. The number of hydrogen-bond acceptors (Lipinski definition) is 4. The lowest BCUT2D eigenvalue weighted by atomic mass is 10.1. The van der Waals surface area contributed by atoms with E-state index < -0.39 is 0 Å². The standard InChI is InChI=1S/C16H15N3O2/c1-11-8-15(20)19(16(18-11)21-2)10-12-5-6-14-13(9-12)4-3-7-17-14/h3-9H,10H2,1-2H3. The predicted molar refractivity (Wildman–Crippen MR) is 80.6 cm³/mol. The van der Waals surface area contributed by atoms with E-state index in [1.807, 2.05) is 30.3 Å². The maximum absolute atomic E-state index is 12.1. The maximum atomic E-state index is 12.1. The summed E-state index contributed by atoms with van der Waals surface area (Å²) in [6, 6.07) is 11.7. The fraction of sp³-hybridized carbons (Fsp3) is 0.188. The first-order valence-electron chi connectivity index (χ1n) is 6.63. The molecular formula is C16H15N3O2. The number of ether oxygens (including phenoxy) is 1. The third-order valence-corrected chi connectivity index (χ3v) is 3.29. The molecule has 0 saturated carbocycles. The van der Waals surface area contributed by atoms with Gasteiger partial charge in [0.05, 0.1) is 19.2 Å². The van der Waals surface area contributed by atoms with Crippen LogP contribution in [0.3, 0.4) is 0 Å². The molecule has 0 atom stereocenters. The molecule has 0 fully saturated rings. The van der Waals surface area contributed by atoms with Crippen LogP contribution in [0.2, 0.25) is 0 Å². The highest BCUT2D eigenvalue weighted by Gasteiger charge is 2.08. The molecule has 2 aromatic heterocycles. The SMILES string of the molecule is COc1nc(C)cc(=O)n1Cc1ccc2ncccc2c1. The minimum atomic E-state index is -0.120. The van der Waals surface area contributed by atoms with E-state index in [1.54, 1.807) is 13.1 Å². The molecule has 0 bridgehead atoms. The summed E-state index contributed by atoms with van der Waals surface area (Å²) >= 11 is 0. The Hall–Kier alpha value is -2.69. The van der Waals surface area contributed by atoms with Gasteiger partial charge in [-0.1, -0.05) is 12.1 Å². The molecule has 2 heterocycles. The van der Waals surface area contributed by atoms with Gasteiger partial charge in [-0.25, -0.2) is 4.98 Å². The van der Waals surface area contributed by atoms with Crippen LogP contribution in [0.25, 0.3) is 10.9 Å². The van der Waals surface area contributed by atoms with Gasteiger partial charge < -0.3 is 4.74 Å². The molecule has 3 aromatic rings. The third-order valence-electron chi connectivity index (χ3n) is 3.29. The van der Waals surface area contributed by atoms with Crippen molar-refractivity contribution in [1.29, 1.82) is 0 Å². The van der Waals surface area contributed by atoms with Crippen molar-refractivity contribution in [2.24, 2.45) is 0 Å². The first-order chi connectivity index (χ1) is 10.2. The normalized spacial score (nSPS) is 10.8. The Morgan fingerprint density at radius 1 is 1.24 bits per heavy atom. The second-order valence-electron chi connectivity index (χ2n) is 4.84. The lowest BCUT2D eigenvalue weighted by Crippen LogP contribution is -2.23. The van der Waals surface area contributed by atoms with Crippen LogP contribution in [0.5, 0.6) is 6.01 Å². The summed E-state index contributed by atoms with van der Waals surface area (Å²) in [6.07, 6.45) is 1.76. The van der Waals surface area contributed by atoms with E-state index >= 15 is 0 Å². The molecule has 0 unspecified atom stereocenters. The fourth-order valence-corrected chi connectivity index (χ4v) is 2.30. The van der Waals surface area contributed by atoms with Crippen LogP contribution in [0.1, 0.15) is 11.3 Å². The molecule has 0 aliphatic rings. The average Bonchev–Trinajstić information content (AvgIpc) is 2.49. The first-order valence-corrected chi connectivity index (χ1v) is 6.63. The third kappa shape index (κ3) is 2.63. The number of aromatic nitrogens is 3. The van der Waals surface area contributed by atoms with Crippen LogP contribution in [-0.2, 0) is 6.54 Å². The van der Waals surface area contributed by atoms with Crippen molar-refractivity contribution >= 4 is 10.9 Å². The number of hydrogen-bond donors (Lipinski definition) is 0. The molecule has 0 spiro atoms. The summed E-state index contributed by atoms with van der Waals surface area (Å²) in [5.74, 6) is 0. The van der Waals surface area contributed by atoms with Crippen LogP contribution in [0.4, 0.5) is 0 Å². The van der Waals surface area contributed by atoms with Crippen LogP contribution in [-0.4, -0.2) is 21.6 Å². The van der Waals surface area contributed by atoms with Gasteiger partial charge in [-0.05, 0) is 30.7 Å². The van der Waals surface area contributed by atoms with E-state index in [0.29, 0.717) is 18.2 Å². The number of rotatable bonds is 3. The Bertz CT molecular complexity index is 856. The zero-order chi connectivity index (χ0) is 14.8. The Labute approximate surface area is 121 Å². The summed E-state index contributed by atoms with van der Waals surface area (Å²) in [5.41, 5.74) is 2.46. The summed E-state index contributed by atoms with van der Waals surface area (Å²) in [4.78, 5) is 20.6. The fourth-order valence-electron chi connectivity index (χ4n) is 2.30. The van der Waals surface area contributed by atoms with Crippen molar-refractivity contribution in [2.75, 3.05) is 7.11 Å². The first kappa shape index (κ1) is 13.3. The molecule has 0 aliphatic heterocycles. The van der Waals surface area contributed by atoms with Gasteiger partial charge >= 0.3 is 0 Å². The highest BCUT2D eigenvalue weighted by atomic mass is 16.5. The average molecular weight is 281 g/mol. The molecular weight excluding hydrogens is 266 g/mol. The number of benzene rings is 1. The monoisotopic (exact) mass is 281 g/mol. The second-order valence-corrected chi connectivity index (χ2v) is 4.84. The van der Waals surface area contributed by atoms with E-state index in [0.717, 1.165) is 16.5 Å². The van der Waals surface area contributed by atoms with E-state index in [9.17, 15) is 4.79 Å². The Morgan fingerprint density at radius 3 is 2.90 bits per heavy atom. The number of methoxy groups -OCH3 is 1. The van der Waals surface area contributed by atoms with Crippen LogP contribution < -0.4 is 10.3 Å². The largest absolute Gasteiger partial charge is 0.468 e. The Kier molecular flexibility index (Phi) is 3.39. The Balaban J connectivity index is 2.04. The van der Waals surface area contributed by atoms with Crippen molar-refractivity contribution < 1.29 is 4.74 Å². The zero-order valence-corrected chi connectivity index (χ0v) is 11.9. The van der Waals surface area contributed by atoms with Crippen LogP contribution >= 0.6 is 0 Å². The molecule has 21 heavy (non-hydrogen) atoms. The summed E-state index contributed by atoms with van der Waals surface area (Å²) in [6.45, 7) is 2.19. The van der Waals surface area contributed by atoms with Gasteiger partial charge in [0, 0.05) is 23.3 Å². The number of aryl methyl sites for hydroxylation is 1. The molecule has 3 rings (SSSR count). The minimum Gasteiger partial charge on any atom is -0.468 e. The van der Waals surface area contributed by atoms with E-state index in [2.05, 4.69) is 9.97 Å². The lowest BCUT2D eigenvalue weighted by Gasteiger charge is -2.11. The minimum absolute atomic E-state index is 0.120. The molecule has 1 aromatic carbocycles. The molecule has 0 saturated heterocycles. The second kappa shape index (κ2) is 5.36. The van der Waals surface area contributed by atoms with E-state index in [4.69, 9.17) is 4.74 Å². The van der Waals surface area contributed by atoms with Crippen molar-refractivity contribution in [3.05, 3.63) is 64.2 Å². The Morgan fingerprint density at radius 2 is 2.10 bits per heavy atom. The van der Waals surface area contributed by atoms with Crippen molar-refractivity contribution in [3.63, 3.8) is 0 Å².